The summed E-state index contributed by atoms with van der Waals surface area (Å²) in [5.41, 5.74) is 8.59. The second-order valence-electron chi connectivity index (χ2n) is 6.83. The normalized spacial score (nSPS) is 25.2. The van der Waals surface area contributed by atoms with E-state index < -0.39 is 0 Å². The molecule has 0 amide bonds. The van der Waals surface area contributed by atoms with Crippen molar-refractivity contribution < 1.29 is 0 Å². The first kappa shape index (κ1) is 14.9. The molecule has 3 rings (SSSR count). The van der Waals surface area contributed by atoms with Gasteiger partial charge in [-0.15, -0.1) is 0 Å². The van der Waals surface area contributed by atoms with Crippen molar-refractivity contribution in [1.82, 2.24) is 4.90 Å². The number of benzene rings is 1. The summed E-state index contributed by atoms with van der Waals surface area (Å²) in [5, 5.41) is 0. The summed E-state index contributed by atoms with van der Waals surface area (Å²) < 4.78 is 0. The second-order valence-corrected chi connectivity index (χ2v) is 6.83. The van der Waals surface area contributed by atoms with Gasteiger partial charge in [0.25, 0.3) is 0 Å². The standard InChI is InChI=1S/C18H29N3/c1-15(19)13-16-5-7-17(8-6-16)21-12-9-18(14-21)20-10-3-2-4-11-20/h5-8,15,18H,2-4,9-14,19H2,1H3. The SMILES string of the molecule is CC(N)Cc1ccc(N2CCC(N3CCCCC3)C2)cc1. The maximum absolute atomic E-state index is 5.87. The zero-order valence-electron chi connectivity index (χ0n) is 13.3. The molecule has 2 saturated heterocycles. The van der Waals surface area contributed by atoms with E-state index in [-0.39, 0.29) is 6.04 Å². The topological polar surface area (TPSA) is 32.5 Å². The highest BCUT2D eigenvalue weighted by atomic mass is 15.3. The Kier molecular flexibility index (Phi) is 4.81. The van der Waals surface area contributed by atoms with Gasteiger partial charge in [0.2, 0.25) is 0 Å². The average molecular weight is 287 g/mol. The summed E-state index contributed by atoms with van der Waals surface area (Å²) in [6.07, 6.45) is 6.50. The maximum atomic E-state index is 5.87. The Bertz CT molecular complexity index is 434. The fourth-order valence-corrected chi connectivity index (χ4v) is 3.77. The highest BCUT2D eigenvalue weighted by Crippen LogP contribution is 2.25. The number of hydrogen-bond donors (Lipinski definition) is 1. The molecule has 2 heterocycles. The van der Waals surface area contributed by atoms with Crippen LogP contribution in [0.3, 0.4) is 0 Å². The molecule has 2 fully saturated rings. The van der Waals surface area contributed by atoms with Gasteiger partial charge in [0.1, 0.15) is 0 Å². The van der Waals surface area contributed by atoms with Crippen LogP contribution in [0, 0.1) is 0 Å². The number of nitrogens with two attached hydrogens (primary N) is 1. The lowest BCUT2D eigenvalue weighted by atomic mass is 10.1. The zero-order valence-corrected chi connectivity index (χ0v) is 13.3. The highest BCUT2D eigenvalue weighted by Gasteiger charge is 2.28. The Balaban J connectivity index is 1.57. The van der Waals surface area contributed by atoms with Gasteiger partial charge >= 0.3 is 0 Å². The molecule has 116 valence electrons. The lowest BCUT2D eigenvalue weighted by Gasteiger charge is -2.32. The van der Waals surface area contributed by atoms with Crippen molar-refractivity contribution in [2.45, 2.75) is 51.1 Å². The third kappa shape index (κ3) is 3.78. The van der Waals surface area contributed by atoms with E-state index in [0.717, 1.165) is 12.5 Å². The number of rotatable bonds is 4. The van der Waals surface area contributed by atoms with Crippen LogP contribution in [0.1, 0.15) is 38.2 Å². The minimum absolute atomic E-state index is 0.242. The number of hydrogen-bond acceptors (Lipinski definition) is 3. The van der Waals surface area contributed by atoms with E-state index in [1.165, 1.54) is 63.1 Å². The number of anilines is 1. The fourth-order valence-electron chi connectivity index (χ4n) is 3.77. The van der Waals surface area contributed by atoms with Crippen molar-refractivity contribution in [3.05, 3.63) is 29.8 Å². The molecule has 0 spiro atoms. The molecule has 1 aromatic rings. The van der Waals surface area contributed by atoms with Crippen molar-refractivity contribution in [1.29, 1.82) is 0 Å². The van der Waals surface area contributed by atoms with Gasteiger partial charge in [-0.1, -0.05) is 18.6 Å². The van der Waals surface area contributed by atoms with Crippen LogP contribution in [0.4, 0.5) is 5.69 Å². The molecule has 0 aromatic heterocycles. The van der Waals surface area contributed by atoms with Crippen LogP contribution in [0.5, 0.6) is 0 Å². The summed E-state index contributed by atoms with van der Waals surface area (Å²) in [5.74, 6) is 0. The molecular weight excluding hydrogens is 258 g/mol. The Morgan fingerprint density at radius 2 is 1.81 bits per heavy atom. The Hall–Kier alpha value is -1.06. The van der Waals surface area contributed by atoms with Crippen LogP contribution in [0.2, 0.25) is 0 Å². The van der Waals surface area contributed by atoms with Crippen LogP contribution in [0.15, 0.2) is 24.3 Å². The molecule has 3 nitrogen and oxygen atoms in total. The summed E-state index contributed by atoms with van der Waals surface area (Å²) in [7, 11) is 0. The Morgan fingerprint density at radius 3 is 2.48 bits per heavy atom. The molecule has 0 bridgehead atoms. The van der Waals surface area contributed by atoms with E-state index >= 15 is 0 Å². The minimum Gasteiger partial charge on any atom is -0.370 e. The van der Waals surface area contributed by atoms with Crippen molar-refractivity contribution in [3.63, 3.8) is 0 Å². The van der Waals surface area contributed by atoms with Crippen LogP contribution >= 0.6 is 0 Å². The predicted octanol–water partition coefficient (Wildman–Crippen LogP) is 2.64. The lowest BCUT2D eigenvalue weighted by molar-refractivity contribution is 0.175. The van der Waals surface area contributed by atoms with Gasteiger partial charge in [0.15, 0.2) is 0 Å². The number of nitrogens with zero attached hydrogens (tertiary/aromatic N) is 2. The first-order valence-electron chi connectivity index (χ1n) is 8.56. The predicted molar refractivity (Wildman–Crippen MR) is 89.8 cm³/mol. The molecule has 21 heavy (non-hydrogen) atoms. The summed E-state index contributed by atoms with van der Waals surface area (Å²) in [6.45, 7) is 7.09. The molecule has 2 aliphatic rings. The van der Waals surface area contributed by atoms with E-state index in [9.17, 15) is 0 Å². The van der Waals surface area contributed by atoms with Crippen LogP contribution in [-0.2, 0) is 6.42 Å². The molecule has 0 radical (unpaired) electrons. The van der Waals surface area contributed by atoms with Crippen LogP contribution in [0.25, 0.3) is 0 Å². The molecule has 3 heteroatoms. The Labute approximate surface area is 129 Å². The molecule has 2 atom stereocenters. The highest BCUT2D eigenvalue weighted by molar-refractivity contribution is 5.49. The molecule has 1 aromatic carbocycles. The first-order chi connectivity index (χ1) is 10.2. The maximum Gasteiger partial charge on any atom is 0.0366 e. The molecule has 2 unspecified atom stereocenters. The van der Waals surface area contributed by atoms with Crippen molar-refractivity contribution in [2.24, 2.45) is 5.73 Å². The van der Waals surface area contributed by atoms with Crippen molar-refractivity contribution in [3.8, 4) is 0 Å². The van der Waals surface area contributed by atoms with E-state index in [0.29, 0.717) is 0 Å². The largest absolute Gasteiger partial charge is 0.370 e. The van der Waals surface area contributed by atoms with Gasteiger partial charge in [-0.3, -0.25) is 4.90 Å². The third-order valence-corrected chi connectivity index (χ3v) is 4.93. The lowest BCUT2D eigenvalue weighted by Crippen LogP contribution is -2.40. The van der Waals surface area contributed by atoms with Crippen LogP contribution < -0.4 is 10.6 Å². The third-order valence-electron chi connectivity index (χ3n) is 4.93. The molecular formula is C18H29N3. The van der Waals surface area contributed by atoms with E-state index in [1.807, 2.05) is 0 Å². The average Bonchev–Trinajstić information content (AvgIpc) is 2.98. The van der Waals surface area contributed by atoms with E-state index in [1.54, 1.807) is 0 Å². The minimum atomic E-state index is 0.242. The van der Waals surface area contributed by atoms with Gasteiger partial charge < -0.3 is 10.6 Å². The first-order valence-corrected chi connectivity index (χ1v) is 8.56. The van der Waals surface area contributed by atoms with E-state index in [4.69, 9.17) is 5.73 Å². The van der Waals surface area contributed by atoms with E-state index in [2.05, 4.69) is 41.0 Å². The number of piperidine rings is 1. The molecule has 0 aliphatic carbocycles. The van der Waals surface area contributed by atoms with Gasteiger partial charge in [0, 0.05) is 30.9 Å². The molecule has 2 N–H and O–H groups in total. The fraction of sp³-hybridized carbons (Fsp3) is 0.667. The summed E-state index contributed by atoms with van der Waals surface area (Å²) >= 11 is 0. The molecule has 2 aliphatic heterocycles. The summed E-state index contributed by atoms with van der Waals surface area (Å²) in [4.78, 5) is 5.27. The molecule has 0 saturated carbocycles. The quantitative estimate of drug-likeness (QED) is 0.924. The monoisotopic (exact) mass is 287 g/mol. The van der Waals surface area contributed by atoms with Gasteiger partial charge in [-0.05, 0) is 63.4 Å². The smallest absolute Gasteiger partial charge is 0.0366 e. The number of likely N-dealkylation sites (tertiary alicyclic amines) is 1. The van der Waals surface area contributed by atoms with Gasteiger partial charge in [-0.2, -0.15) is 0 Å². The Morgan fingerprint density at radius 1 is 1.10 bits per heavy atom. The summed E-state index contributed by atoms with van der Waals surface area (Å²) in [6, 6.07) is 10.0. The van der Waals surface area contributed by atoms with Gasteiger partial charge in [-0.25, -0.2) is 0 Å². The van der Waals surface area contributed by atoms with Crippen LogP contribution in [-0.4, -0.2) is 43.2 Å². The zero-order chi connectivity index (χ0) is 14.7. The van der Waals surface area contributed by atoms with Crippen molar-refractivity contribution in [2.75, 3.05) is 31.1 Å². The van der Waals surface area contributed by atoms with Gasteiger partial charge in [0.05, 0.1) is 0 Å². The second kappa shape index (κ2) is 6.80. The van der Waals surface area contributed by atoms with Crippen molar-refractivity contribution >= 4 is 5.69 Å².